The first kappa shape index (κ1) is 20.6. The zero-order valence-electron chi connectivity index (χ0n) is 17.1. The fourth-order valence-electron chi connectivity index (χ4n) is 2.75. The number of hydrogen-bond donors (Lipinski definition) is 1. The smallest absolute Gasteiger partial charge is 0.124 e. The van der Waals surface area contributed by atoms with Gasteiger partial charge < -0.3 is 19.5 Å². The topological polar surface area (TPSA) is 39.7 Å². The molecule has 4 heteroatoms. The van der Waals surface area contributed by atoms with Gasteiger partial charge in [-0.25, -0.2) is 0 Å². The number of rotatable bonds is 11. The van der Waals surface area contributed by atoms with Gasteiger partial charge in [0.05, 0.1) is 6.61 Å². The van der Waals surface area contributed by atoms with Gasteiger partial charge in [0, 0.05) is 17.8 Å². The summed E-state index contributed by atoms with van der Waals surface area (Å²) in [6.07, 6.45) is 0. The van der Waals surface area contributed by atoms with Crippen molar-refractivity contribution in [2.24, 2.45) is 5.92 Å². The van der Waals surface area contributed by atoms with Crippen LogP contribution in [0.5, 0.6) is 17.2 Å². The lowest BCUT2D eigenvalue weighted by Gasteiger charge is -2.14. The normalized spacial score (nSPS) is 10.6. The summed E-state index contributed by atoms with van der Waals surface area (Å²) >= 11 is 0. The molecule has 0 saturated carbocycles. The molecule has 3 aromatic carbocycles. The number of para-hydroxylation sites is 2. The van der Waals surface area contributed by atoms with E-state index in [-0.39, 0.29) is 0 Å². The molecule has 0 amide bonds. The molecule has 0 aliphatic rings. The number of ether oxygens (including phenoxy) is 3. The van der Waals surface area contributed by atoms with Crippen LogP contribution in [0.2, 0.25) is 0 Å². The number of nitrogens with one attached hydrogen (secondary N) is 1. The molecule has 0 radical (unpaired) electrons. The van der Waals surface area contributed by atoms with Crippen LogP contribution in [0.1, 0.15) is 19.4 Å². The highest BCUT2D eigenvalue weighted by Crippen LogP contribution is 2.21. The molecule has 0 aliphatic carbocycles. The van der Waals surface area contributed by atoms with Crippen LogP contribution < -0.4 is 19.5 Å². The van der Waals surface area contributed by atoms with Crippen molar-refractivity contribution in [3.8, 4) is 17.2 Å². The van der Waals surface area contributed by atoms with Crippen LogP contribution in [-0.4, -0.2) is 19.8 Å². The van der Waals surface area contributed by atoms with Gasteiger partial charge in [-0.2, -0.15) is 0 Å². The number of benzene rings is 3. The molecule has 0 bridgehead atoms. The Morgan fingerprint density at radius 2 is 1.34 bits per heavy atom. The lowest BCUT2D eigenvalue weighted by atomic mass is 10.2. The average Bonchev–Trinajstić information content (AvgIpc) is 2.76. The maximum atomic E-state index is 5.94. The molecule has 0 atom stereocenters. The van der Waals surface area contributed by atoms with E-state index < -0.39 is 0 Å². The van der Waals surface area contributed by atoms with Crippen LogP contribution in [-0.2, 0) is 6.54 Å². The molecule has 0 spiro atoms. The minimum absolute atomic E-state index is 0.494. The van der Waals surface area contributed by atoms with Crippen molar-refractivity contribution in [3.05, 3.63) is 84.4 Å². The molecule has 29 heavy (non-hydrogen) atoms. The zero-order valence-corrected chi connectivity index (χ0v) is 17.1. The minimum Gasteiger partial charge on any atom is -0.493 e. The van der Waals surface area contributed by atoms with Gasteiger partial charge in [0.25, 0.3) is 0 Å². The van der Waals surface area contributed by atoms with Crippen molar-refractivity contribution in [3.63, 3.8) is 0 Å². The minimum atomic E-state index is 0.494. The van der Waals surface area contributed by atoms with Crippen molar-refractivity contribution in [1.82, 2.24) is 0 Å². The molecule has 3 rings (SSSR count). The Kier molecular flexibility index (Phi) is 7.81. The molecule has 0 saturated heterocycles. The summed E-state index contributed by atoms with van der Waals surface area (Å²) in [6, 6.07) is 25.9. The molecule has 0 fully saturated rings. The van der Waals surface area contributed by atoms with Crippen molar-refractivity contribution >= 4 is 5.69 Å². The predicted octanol–water partition coefficient (Wildman–Crippen LogP) is 5.79. The van der Waals surface area contributed by atoms with E-state index in [2.05, 4.69) is 25.2 Å². The van der Waals surface area contributed by atoms with Gasteiger partial charge in [0.15, 0.2) is 0 Å². The second-order valence-corrected chi connectivity index (χ2v) is 7.20. The summed E-state index contributed by atoms with van der Waals surface area (Å²) in [5.74, 6) is 3.13. The summed E-state index contributed by atoms with van der Waals surface area (Å²) in [7, 11) is 0. The largest absolute Gasteiger partial charge is 0.493 e. The lowest BCUT2D eigenvalue weighted by molar-refractivity contribution is 0.216. The van der Waals surface area contributed by atoms with Crippen LogP contribution in [0.4, 0.5) is 5.69 Å². The quantitative estimate of drug-likeness (QED) is 0.420. The van der Waals surface area contributed by atoms with Gasteiger partial charge in [-0.1, -0.05) is 50.2 Å². The highest BCUT2D eigenvalue weighted by molar-refractivity contribution is 5.48. The van der Waals surface area contributed by atoms with Crippen LogP contribution >= 0.6 is 0 Å². The Bertz CT molecular complexity index is 847. The number of anilines is 1. The van der Waals surface area contributed by atoms with Crippen LogP contribution in [0.15, 0.2) is 78.9 Å². The van der Waals surface area contributed by atoms with Crippen molar-refractivity contribution in [2.75, 3.05) is 25.1 Å². The summed E-state index contributed by atoms with van der Waals surface area (Å²) in [5, 5.41) is 3.44. The molecule has 0 unspecified atom stereocenters. The molecule has 0 heterocycles. The summed E-state index contributed by atoms with van der Waals surface area (Å²) < 4.78 is 17.4. The van der Waals surface area contributed by atoms with E-state index in [4.69, 9.17) is 14.2 Å². The summed E-state index contributed by atoms with van der Waals surface area (Å²) in [5.41, 5.74) is 2.15. The molecule has 152 valence electrons. The average molecular weight is 392 g/mol. The summed E-state index contributed by atoms with van der Waals surface area (Å²) in [6.45, 7) is 6.69. The Balaban J connectivity index is 1.47. The van der Waals surface area contributed by atoms with Gasteiger partial charge in [-0.3, -0.25) is 0 Å². The molecule has 4 nitrogen and oxygen atoms in total. The standard InChI is InChI=1S/C25H29NO3/c1-20(2)19-29-24-14-12-22(13-15-24)26-18-21-8-6-7-11-25(21)28-17-16-27-23-9-4-3-5-10-23/h3-15,20,26H,16-19H2,1-2H3. The summed E-state index contributed by atoms with van der Waals surface area (Å²) in [4.78, 5) is 0. The Morgan fingerprint density at radius 1 is 0.690 bits per heavy atom. The van der Waals surface area contributed by atoms with Crippen molar-refractivity contribution < 1.29 is 14.2 Å². The first-order valence-corrected chi connectivity index (χ1v) is 10.1. The van der Waals surface area contributed by atoms with Gasteiger partial charge in [-0.05, 0) is 48.4 Å². The SMILES string of the molecule is CC(C)COc1ccc(NCc2ccccc2OCCOc2ccccc2)cc1. The molecular formula is C25H29NO3. The van der Waals surface area contributed by atoms with E-state index in [0.29, 0.717) is 25.7 Å². The highest BCUT2D eigenvalue weighted by atomic mass is 16.5. The molecule has 3 aromatic rings. The lowest BCUT2D eigenvalue weighted by Crippen LogP contribution is -2.11. The first-order chi connectivity index (χ1) is 14.2. The third-order valence-corrected chi connectivity index (χ3v) is 4.25. The third-order valence-electron chi connectivity index (χ3n) is 4.25. The Labute approximate surface area is 173 Å². The van der Waals surface area contributed by atoms with Crippen LogP contribution in [0, 0.1) is 5.92 Å². The van der Waals surface area contributed by atoms with E-state index in [1.54, 1.807) is 0 Å². The number of hydrogen-bond acceptors (Lipinski definition) is 4. The Morgan fingerprint density at radius 3 is 2.10 bits per heavy atom. The van der Waals surface area contributed by atoms with Crippen molar-refractivity contribution in [1.29, 1.82) is 0 Å². The fourth-order valence-corrected chi connectivity index (χ4v) is 2.75. The maximum Gasteiger partial charge on any atom is 0.124 e. The van der Waals surface area contributed by atoms with Gasteiger partial charge in [0.2, 0.25) is 0 Å². The second kappa shape index (κ2) is 11.0. The third kappa shape index (κ3) is 7.07. The molecule has 0 aromatic heterocycles. The van der Waals surface area contributed by atoms with E-state index in [0.717, 1.165) is 35.1 Å². The monoisotopic (exact) mass is 391 g/mol. The zero-order chi connectivity index (χ0) is 20.3. The predicted molar refractivity (Wildman–Crippen MR) is 118 cm³/mol. The van der Waals surface area contributed by atoms with Crippen LogP contribution in [0.3, 0.4) is 0 Å². The van der Waals surface area contributed by atoms with Crippen LogP contribution in [0.25, 0.3) is 0 Å². The van der Waals surface area contributed by atoms with Gasteiger partial charge in [0.1, 0.15) is 30.5 Å². The molecule has 1 N–H and O–H groups in total. The van der Waals surface area contributed by atoms with Gasteiger partial charge in [-0.15, -0.1) is 0 Å². The molecular weight excluding hydrogens is 362 g/mol. The fraction of sp³-hybridized carbons (Fsp3) is 0.280. The second-order valence-electron chi connectivity index (χ2n) is 7.20. The van der Waals surface area contributed by atoms with Gasteiger partial charge >= 0.3 is 0 Å². The highest BCUT2D eigenvalue weighted by Gasteiger charge is 2.04. The maximum absolute atomic E-state index is 5.94. The van der Waals surface area contributed by atoms with E-state index >= 15 is 0 Å². The molecule has 0 aliphatic heterocycles. The first-order valence-electron chi connectivity index (χ1n) is 10.1. The van der Waals surface area contributed by atoms with E-state index in [1.165, 1.54) is 0 Å². The van der Waals surface area contributed by atoms with E-state index in [9.17, 15) is 0 Å². The Hall–Kier alpha value is -3.14. The van der Waals surface area contributed by atoms with Crippen molar-refractivity contribution in [2.45, 2.75) is 20.4 Å². The van der Waals surface area contributed by atoms with E-state index in [1.807, 2.05) is 72.8 Å².